The van der Waals surface area contributed by atoms with Crippen LogP contribution in [0.5, 0.6) is 0 Å². The number of hydrogen-bond donors (Lipinski definition) is 1. The Morgan fingerprint density at radius 2 is 2.50 bits per heavy atom. The van der Waals surface area contributed by atoms with Gasteiger partial charge in [-0.25, -0.2) is 4.98 Å². The van der Waals surface area contributed by atoms with E-state index >= 15 is 0 Å². The normalized spacial score (nSPS) is 10.7. The van der Waals surface area contributed by atoms with Crippen LogP contribution in [-0.4, -0.2) is 22.0 Å². The van der Waals surface area contributed by atoms with Gasteiger partial charge in [-0.2, -0.15) is 0 Å². The Morgan fingerprint density at radius 3 is 3.07 bits per heavy atom. The van der Waals surface area contributed by atoms with Gasteiger partial charge in [0.1, 0.15) is 5.69 Å². The molecular formula is C10H15N3O. The molecule has 0 atom stereocenters. The van der Waals surface area contributed by atoms with Crippen LogP contribution >= 0.6 is 0 Å². The predicted molar refractivity (Wildman–Crippen MR) is 55.0 cm³/mol. The summed E-state index contributed by atoms with van der Waals surface area (Å²) in [4.78, 5) is 15.4. The summed E-state index contributed by atoms with van der Waals surface area (Å²) in [6.07, 6.45) is 8.02. The van der Waals surface area contributed by atoms with E-state index in [2.05, 4.69) is 10.3 Å². The Morgan fingerprint density at radius 1 is 1.71 bits per heavy atom. The summed E-state index contributed by atoms with van der Waals surface area (Å²) in [5, 5.41) is 2.81. The molecule has 1 aromatic rings. The first-order chi connectivity index (χ1) is 6.75. The van der Waals surface area contributed by atoms with Crippen LogP contribution in [0.1, 0.15) is 23.8 Å². The van der Waals surface area contributed by atoms with Crippen molar-refractivity contribution in [1.82, 2.24) is 14.9 Å². The Kier molecular flexibility index (Phi) is 3.91. The quantitative estimate of drug-likeness (QED) is 0.575. The van der Waals surface area contributed by atoms with Crippen molar-refractivity contribution in [3.63, 3.8) is 0 Å². The second-order valence-corrected chi connectivity index (χ2v) is 3.00. The fraction of sp³-hybridized carbons (Fsp3) is 0.400. The lowest BCUT2D eigenvalue weighted by atomic mass is 10.3. The number of hydrogen-bond acceptors (Lipinski definition) is 2. The van der Waals surface area contributed by atoms with Crippen molar-refractivity contribution >= 4 is 5.91 Å². The highest BCUT2D eigenvalue weighted by Crippen LogP contribution is 1.95. The van der Waals surface area contributed by atoms with Crippen molar-refractivity contribution in [1.29, 1.82) is 0 Å². The van der Waals surface area contributed by atoms with Crippen LogP contribution in [0.15, 0.2) is 24.7 Å². The van der Waals surface area contributed by atoms with Gasteiger partial charge >= 0.3 is 0 Å². The number of nitrogens with zero attached hydrogens (tertiary/aromatic N) is 2. The maximum atomic E-state index is 11.5. The van der Waals surface area contributed by atoms with Gasteiger partial charge in [-0.05, 0) is 13.3 Å². The molecule has 0 aliphatic rings. The number of nitrogens with one attached hydrogen (secondary N) is 1. The molecule has 0 aliphatic heterocycles. The number of rotatable bonds is 4. The molecule has 14 heavy (non-hydrogen) atoms. The van der Waals surface area contributed by atoms with Gasteiger partial charge in [-0.15, -0.1) is 0 Å². The van der Waals surface area contributed by atoms with Gasteiger partial charge in [0.05, 0.1) is 12.5 Å². The van der Waals surface area contributed by atoms with Crippen LogP contribution in [0, 0.1) is 0 Å². The van der Waals surface area contributed by atoms with E-state index in [0.717, 1.165) is 6.42 Å². The minimum absolute atomic E-state index is 0.0745. The molecule has 0 radical (unpaired) electrons. The molecule has 0 fully saturated rings. The van der Waals surface area contributed by atoms with E-state index in [9.17, 15) is 4.79 Å². The van der Waals surface area contributed by atoms with E-state index in [0.29, 0.717) is 12.2 Å². The minimum Gasteiger partial charge on any atom is -0.350 e. The van der Waals surface area contributed by atoms with E-state index in [4.69, 9.17) is 0 Å². The molecule has 0 unspecified atom stereocenters. The van der Waals surface area contributed by atoms with E-state index < -0.39 is 0 Å². The van der Waals surface area contributed by atoms with Gasteiger partial charge in [-0.1, -0.05) is 12.2 Å². The van der Waals surface area contributed by atoms with Gasteiger partial charge < -0.3 is 9.88 Å². The van der Waals surface area contributed by atoms with Gasteiger partial charge in [0, 0.05) is 13.6 Å². The largest absolute Gasteiger partial charge is 0.350 e. The summed E-state index contributed by atoms with van der Waals surface area (Å²) < 4.78 is 1.70. The summed E-state index contributed by atoms with van der Waals surface area (Å²) in [7, 11) is 1.80. The Balaban J connectivity index is 2.40. The van der Waals surface area contributed by atoms with E-state index in [1.165, 1.54) is 0 Å². The van der Waals surface area contributed by atoms with Gasteiger partial charge in [-0.3, -0.25) is 4.79 Å². The highest BCUT2D eigenvalue weighted by atomic mass is 16.1. The summed E-state index contributed by atoms with van der Waals surface area (Å²) in [5.41, 5.74) is 0.588. The van der Waals surface area contributed by atoms with Crippen LogP contribution < -0.4 is 5.32 Å². The Hall–Kier alpha value is -1.58. The maximum absolute atomic E-state index is 11.5. The number of allylic oxidation sites excluding steroid dienone is 1. The monoisotopic (exact) mass is 193 g/mol. The van der Waals surface area contributed by atoms with Crippen LogP contribution in [-0.2, 0) is 7.05 Å². The molecule has 1 heterocycles. The first-order valence-electron chi connectivity index (χ1n) is 4.61. The molecule has 4 heteroatoms. The Labute approximate surface area is 83.6 Å². The zero-order valence-corrected chi connectivity index (χ0v) is 8.53. The van der Waals surface area contributed by atoms with Crippen molar-refractivity contribution in [3.05, 3.63) is 30.4 Å². The van der Waals surface area contributed by atoms with E-state index in [1.54, 1.807) is 24.1 Å². The molecule has 0 saturated heterocycles. The average Bonchev–Trinajstić information content (AvgIpc) is 2.59. The molecular weight excluding hydrogens is 178 g/mol. The highest BCUT2D eigenvalue weighted by Gasteiger charge is 2.07. The number of amides is 1. The maximum Gasteiger partial charge on any atom is 0.269 e. The van der Waals surface area contributed by atoms with Gasteiger partial charge in [0.15, 0.2) is 0 Å². The molecule has 76 valence electrons. The lowest BCUT2D eigenvalue weighted by Gasteiger charge is -2.02. The topological polar surface area (TPSA) is 46.9 Å². The molecule has 1 N–H and O–H groups in total. The molecule has 0 bridgehead atoms. The minimum atomic E-state index is -0.0745. The van der Waals surface area contributed by atoms with Gasteiger partial charge in [0.25, 0.3) is 5.91 Å². The summed E-state index contributed by atoms with van der Waals surface area (Å²) in [6.45, 7) is 2.62. The van der Waals surface area contributed by atoms with Crippen molar-refractivity contribution < 1.29 is 4.79 Å². The zero-order valence-electron chi connectivity index (χ0n) is 8.53. The van der Waals surface area contributed by atoms with E-state index in [-0.39, 0.29) is 5.91 Å². The fourth-order valence-corrected chi connectivity index (χ4v) is 1.10. The molecule has 0 saturated carbocycles. The number of aromatic nitrogens is 2. The third-order valence-electron chi connectivity index (χ3n) is 1.88. The van der Waals surface area contributed by atoms with Crippen LogP contribution in [0.3, 0.4) is 0 Å². The van der Waals surface area contributed by atoms with Crippen LogP contribution in [0.25, 0.3) is 0 Å². The fourth-order valence-electron chi connectivity index (χ4n) is 1.10. The lowest BCUT2D eigenvalue weighted by Crippen LogP contribution is -2.25. The molecule has 0 aliphatic carbocycles. The molecule has 1 aromatic heterocycles. The number of aryl methyl sites for hydroxylation is 1. The molecule has 0 aromatic carbocycles. The summed E-state index contributed by atoms with van der Waals surface area (Å²) in [6, 6.07) is 0. The second-order valence-electron chi connectivity index (χ2n) is 3.00. The zero-order chi connectivity index (χ0) is 10.4. The third-order valence-corrected chi connectivity index (χ3v) is 1.88. The Bertz CT molecular complexity index is 328. The SMILES string of the molecule is C/C=C/CCNC(=O)c1cncn1C. The first-order valence-corrected chi connectivity index (χ1v) is 4.61. The smallest absolute Gasteiger partial charge is 0.269 e. The van der Waals surface area contributed by atoms with Crippen molar-refractivity contribution in [2.75, 3.05) is 6.54 Å². The van der Waals surface area contributed by atoms with Crippen molar-refractivity contribution in [2.24, 2.45) is 7.05 Å². The third kappa shape index (κ3) is 2.73. The number of carbonyl (C=O) groups excluding carboxylic acids is 1. The van der Waals surface area contributed by atoms with Crippen LogP contribution in [0.2, 0.25) is 0 Å². The number of carbonyl (C=O) groups is 1. The standard InChI is InChI=1S/C10H15N3O/c1-3-4-5-6-12-10(14)9-7-11-8-13(9)2/h3-4,7-8H,5-6H2,1-2H3,(H,12,14)/b4-3+. The lowest BCUT2D eigenvalue weighted by molar-refractivity contribution is 0.0946. The first kappa shape index (κ1) is 10.5. The summed E-state index contributed by atoms with van der Waals surface area (Å²) in [5.74, 6) is -0.0745. The van der Waals surface area contributed by atoms with Gasteiger partial charge in [0.2, 0.25) is 0 Å². The summed E-state index contributed by atoms with van der Waals surface area (Å²) >= 11 is 0. The van der Waals surface area contributed by atoms with Crippen molar-refractivity contribution in [3.8, 4) is 0 Å². The molecule has 0 spiro atoms. The van der Waals surface area contributed by atoms with E-state index in [1.807, 2.05) is 19.1 Å². The molecule has 1 amide bonds. The van der Waals surface area contributed by atoms with Crippen LogP contribution in [0.4, 0.5) is 0 Å². The molecule has 4 nitrogen and oxygen atoms in total. The second kappa shape index (κ2) is 5.21. The van der Waals surface area contributed by atoms with Crippen molar-refractivity contribution in [2.45, 2.75) is 13.3 Å². The average molecular weight is 193 g/mol. The molecule has 1 rings (SSSR count). The number of imidazole rings is 1. The predicted octanol–water partition coefficient (Wildman–Crippen LogP) is 1.12. The highest BCUT2D eigenvalue weighted by molar-refractivity contribution is 5.92.